The maximum Gasteiger partial charge on any atom is 0.179 e. The number of nitrogens with two attached hydrogens (primary N) is 2. The highest BCUT2D eigenvalue weighted by molar-refractivity contribution is 7.99. The van der Waals surface area contributed by atoms with E-state index in [4.69, 9.17) is 28.1 Å². The van der Waals surface area contributed by atoms with E-state index >= 15 is 0 Å². The number of fused-ring (bicyclic) bond motifs is 2. The van der Waals surface area contributed by atoms with Crippen molar-refractivity contribution in [2.24, 2.45) is 11.1 Å². The molecule has 1 atom stereocenters. The standard InChI is InChI=1S/C24H22ClFN8S/c25-20-17(3-6-29-22(20)28)35-19-2-1-15-23(33-19)31-12-18(32-15)34-7-4-24(5-8-34)10-16-14(21(24)27)9-13(26)11-30-16/h1-3,6,9,11-12,21H,4-5,7-8,10,27H2,(H2,28,29). The van der Waals surface area contributed by atoms with Crippen molar-refractivity contribution < 1.29 is 4.39 Å². The zero-order valence-electron chi connectivity index (χ0n) is 18.7. The topological polar surface area (TPSA) is 120 Å². The lowest BCUT2D eigenvalue weighted by Crippen LogP contribution is -2.44. The van der Waals surface area contributed by atoms with E-state index in [0.29, 0.717) is 10.7 Å². The van der Waals surface area contributed by atoms with Crippen molar-refractivity contribution in [1.29, 1.82) is 0 Å². The minimum Gasteiger partial charge on any atom is -0.382 e. The van der Waals surface area contributed by atoms with E-state index in [1.54, 1.807) is 24.5 Å². The fourth-order valence-electron chi connectivity index (χ4n) is 5.06. The largest absolute Gasteiger partial charge is 0.382 e. The number of hydrogen-bond acceptors (Lipinski definition) is 9. The summed E-state index contributed by atoms with van der Waals surface area (Å²) >= 11 is 7.66. The molecule has 0 saturated carbocycles. The van der Waals surface area contributed by atoms with Crippen molar-refractivity contribution in [1.82, 2.24) is 24.9 Å². The second-order valence-electron chi connectivity index (χ2n) is 9.02. The maximum atomic E-state index is 13.7. The maximum absolute atomic E-state index is 13.7. The molecule has 2 aliphatic rings. The third kappa shape index (κ3) is 3.95. The highest BCUT2D eigenvalue weighted by Gasteiger charge is 2.47. The van der Waals surface area contributed by atoms with Gasteiger partial charge >= 0.3 is 0 Å². The van der Waals surface area contributed by atoms with Gasteiger partial charge in [0.1, 0.15) is 28.0 Å². The fraction of sp³-hybridized carbons (Fsp3) is 0.292. The third-order valence-electron chi connectivity index (χ3n) is 7.03. The summed E-state index contributed by atoms with van der Waals surface area (Å²) in [5.41, 5.74) is 15.3. The van der Waals surface area contributed by atoms with Gasteiger partial charge in [0, 0.05) is 35.9 Å². The van der Waals surface area contributed by atoms with Crippen LogP contribution in [-0.4, -0.2) is 38.0 Å². The smallest absolute Gasteiger partial charge is 0.179 e. The van der Waals surface area contributed by atoms with Crippen LogP contribution in [-0.2, 0) is 6.42 Å². The number of rotatable bonds is 3. The van der Waals surface area contributed by atoms with Gasteiger partial charge in [0.25, 0.3) is 0 Å². The summed E-state index contributed by atoms with van der Waals surface area (Å²) in [6.45, 7) is 1.60. The molecule has 1 spiro atoms. The van der Waals surface area contributed by atoms with Gasteiger partial charge in [0.15, 0.2) is 5.65 Å². The molecule has 1 unspecified atom stereocenters. The molecule has 6 rings (SSSR count). The molecule has 1 aliphatic carbocycles. The summed E-state index contributed by atoms with van der Waals surface area (Å²) in [5.74, 6) is 0.770. The molecule has 4 N–H and O–H groups in total. The Kier molecular flexibility index (Phi) is 5.46. The lowest BCUT2D eigenvalue weighted by Gasteiger charge is -2.42. The molecule has 1 saturated heterocycles. The average molecular weight is 509 g/mol. The zero-order chi connectivity index (χ0) is 24.2. The van der Waals surface area contributed by atoms with Crippen LogP contribution in [0.1, 0.15) is 30.1 Å². The second-order valence-corrected chi connectivity index (χ2v) is 10.5. The van der Waals surface area contributed by atoms with Crippen LogP contribution in [0.25, 0.3) is 11.2 Å². The van der Waals surface area contributed by atoms with E-state index in [9.17, 15) is 4.39 Å². The van der Waals surface area contributed by atoms with E-state index in [0.717, 1.165) is 64.9 Å². The number of piperidine rings is 1. The number of aromatic nitrogens is 5. The normalized spacial score (nSPS) is 18.8. The molecule has 11 heteroatoms. The van der Waals surface area contributed by atoms with Crippen LogP contribution >= 0.6 is 23.4 Å². The van der Waals surface area contributed by atoms with Gasteiger partial charge in [0.05, 0.1) is 17.4 Å². The van der Waals surface area contributed by atoms with Crippen molar-refractivity contribution in [3.63, 3.8) is 0 Å². The number of nitrogens with zero attached hydrogens (tertiary/aromatic N) is 6. The van der Waals surface area contributed by atoms with Gasteiger partial charge in [-0.05, 0) is 54.5 Å². The monoisotopic (exact) mass is 508 g/mol. The predicted octanol–water partition coefficient (Wildman–Crippen LogP) is 4.18. The highest BCUT2D eigenvalue weighted by Crippen LogP contribution is 2.50. The van der Waals surface area contributed by atoms with Crippen LogP contribution in [0.15, 0.2) is 52.8 Å². The summed E-state index contributed by atoms with van der Waals surface area (Å²) in [5, 5.41) is 1.15. The van der Waals surface area contributed by atoms with Crippen LogP contribution in [0.4, 0.5) is 16.0 Å². The summed E-state index contributed by atoms with van der Waals surface area (Å²) in [6, 6.07) is 6.95. The van der Waals surface area contributed by atoms with Crippen molar-refractivity contribution in [2.75, 3.05) is 23.7 Å². The van der Waals surface area contributed by atoms with Gasteiger partial charge in [-0.2, -0.15) is 0 Å². The predicted molar refractivity (Wildman–Crippen MR) is 134 cm³/mol. The molecule has 1 aliphatic heterocycles. The zero-order valence-corrected chi connectivity index (χ0v) is 20.2. The van der Waals surface area contributed by atoms with E-state index < -0.39 is 0 Å². The molecular weight excluding hydrogens is 487 g/mol. The third-order valence-corrected chi connectivity index (χ3v) is 8.54. The van der Waals surface area contributed by atoms with Gasteiger partial charge in [-0.25, -0.2) is 24.3 Å². The number of halogens is 2. The van der Waals surface area contributed by atoms with Crippen molar-refractivity contribution in [3.8, 4) is 0 Å². The van der Waals surface area contributed by atoms with Gasteiger partial charge in [-0.1, -0.05) is 23.4 Å². The summed E-state index contributed by atoms with van der Waals surface area (Å²) < 4.78 is 13.7. The van der Waals surface area contributed by atoms with Crippen LogP contribution in [0.5, 0.6) is 0 Å². The Morgan fingerprint density at radius 2 is 1.91 bits per heavy atom. The number of pyridine rings is 3. The lowest BCUT2D eigenvalue weighted by atomic mass is 9.73. The molecule has 0 aromatic carbocycles. The van der Waals surface area contributed by atoms with Crippen molar-refractivity contribution in [3.05, 3.63) is 65.0 Å². The first-order valence-corrected chi connectivity index (χ1v) is 12.5. The first-order valence-electron chi connectivity index (χ1n) is 11.3. The Morgan fingerprint density at radius 1 is 1.09 bits per heavy atom. The van der Waals surface area contributed by atoms with Crippen LogP contribution in [0.3, 0.4) is 0 Å². The number of hydrogen-bond donors (Lipinski definition) is 2. The first-order chi connectivity index (χ1) is 16.9. The van der Waals surface area contributed by atoms with E-state index in [-0.39, 0.29) is 23.1 Å². The number of nitrogen functional groups attached to an aromatic ring is 1. The lowest BCUT2D eigenvalue weighted by molar-refractivity contribution is 0.186. The molecule has 8 nitrogen and oxygen atoms in total. The van der Waals surface area contributed by atoms with Gasteiger partial charge in [-0.15, -0.1) is 0 Å². The molecule has 0 bridgehead atoms. The van der Waals surface area contributed by atoms with E-state index in [1.807, 2.05) is 12.1 Å². The molecule has 5 heterocycles. The van der Waals surface area contributed by atoms with Crippen LogP contribution < -0.4 is 16.4 Å². The average Bonchev–Trinajstić information content (AvgIpc) is 3.13. The SMILES string of the molecule is Nc1nccc(Sc2ccc3nc(N4CCC5(CC4)Cc4ncc(F)cc4C5N)cnc3n2)c1Cl. The minimum atomic E-state index is -0.330. The van der Waals surface area contributed by atoms with Crippen LogP contribution in [0.2, 0.25) is 5.02 Å². The Balaban J connectivity index is 1.18. The molecule has 0 radical (unpaired) electrons. The van der Waals surface area contributed by atoms with Gasteiger partial charge in [0.2, 0.25) is 0 Å². The summed E-state index contributed by atoms with van der Waals surface area (Å²) in [4.78, 5) is 25.3. The first kappa shape index (κ1) is 22.4. The Bertz CT molecular complexity index is 1440. The molecule has 178 valence electrons. The van der Waals surface area contributed by atoms with Gasteiger partial charge in [-0.3, -0.25) is 4.98 Å². The molecular formula is C24H22ClFN8S. The Hall–Kier alpha value is -3.08. The summed E-state index contributed by atoms with van der Waals surface area (Å²) in [7, 11) is 0. The van der Waals surface area contributed by atoms with Crippen molar-refractivity contribution in [2.45, 2.75) is 35.2 Å². The molecule has 4 aromatic rings. The van der Waals surface area contributed by atoms with Gasteiger partial charge < -0.3 is 16.4 Å². The molecule has 35 heavy (non-hydrogen) atoms. The van der Waals surface area contributed by atoms with E-state index in [2.05, 4.69) is 24.8 Å². The quantitative estimate of drug-likeness (QED) is 0.419. The van der Waals surface area contributed by atoms with Crippen LogP contribution in [0, 0.1) is 11.2 Å². The Morgan fingerprint density at radius 3 is 2.74 bits per heavy atom. The van der Waals surface area contributed by atoms with Crippen molar-refractivity contribution >= 4 is 46.2 Å². The highest BCUT2D eigenvalue weighted by atomic mass is 35.5. The fourth-order valence-corrected chi connectivity index (χ4v) is 6.11. The molecule has 1 fully saturated rings. The summed E-state index contributed by atoms with van der Waals surface area (Å²) in [6.07, 6.45) is 7.22. The van der Waals surface area contributed by atoms with E-state index in [1.165, 1.54) is 18.0 Å². The Labute approximate surface area is 210 Å². The molecule has 0 amide bonds. The molecule has 4 aromatic heterocycles. The second kappa shape index (κ2) is 8.54. The number of anilines is 2. The minimum absolute atomic E-state index is 0.0881.